The highest BCUT2D eigenvalue weighted by Gasteiger charge is 2.29. The van der Waals surface area contributed by atoms with E-state index in [-0.39, 0.29) is 26.5 Å². The zero-order valence-corrected chi connectivity index (χ0v) is 19.2. The molecule has 3 rings (SSSR count). The average Bonchev–Trinajstić information content (AvgIpc) is 2.79. The van der Waals surface area contributed by atoms with Crippen molar-refractivity contribution in [2.24, 2.45) is 0 Å². The van der Waals surface area contributed by atoms with Gasteiger partial charge in [-0.3, -0.25) is 9.10 Å². The molecule has 1 unspecified atom stereocenters. The monoisotopic (exact) mass is 476 g/mol. The van der Waals surface area contributed by atoms with Gasteiger partial charge in [0.15, 0.2) is 0 Å². The van der Waals surface area contributed by atoms with Crippen molar-refractivity contribution >= 4 is 44.8 Å². The summed E-state index contributed by atoms with van der Waals surface area (Å²) in [5.74, 6) is -0.377. The third-order valence-corrected chi connectivity index (χ3v) is 7.38. The topological polar surface area (TPSA) is 66.5 Å². The van der Waals surface area contributed by atoms with E-state index in [9.17, 15) is 13.2 Å². The van der Waals surface area contributed by atoms with Gasteiger partial charge in [0, 0.05) is 6.54 Å². The van der Waals surface area contributed by atoms with Crippen molar-refractivity contribution in [1.29, 1.82) is 0 Å². The maximum Gasteiger partial charge on any atom is 0.264 e. The van der Waals surface area contributed by atoms with Crippen molar-refractivity contribution in [1.82, 2.24) is 5.32 Å². The smallest absolute Gasteiger partial charge is 0.264 e. The van der Waals surface area contributed by atoms with Gasteiger partial charge in [-0.15, -0.1) is 0 Å². The molecule has 1 amide bonds. The van der Waals surface area contributed by atoms with Crippen molar-refractivity contribution in [3.8, 4) is 0 Å². The van der Waals surface area contributed by atoms with Crippen molar-refractivity contribution in [3.63, 3.8) is 0 Å². The number of rotatable bonds is 8. The Hall–Kier alpha value is -2.54. The summed E-state index contributed by atoms with van der Waals surface area (Å²) in [7, 11) is -4.05. The molecule has 8 heteroatoms. The third kappa shape index (κ3) is 5.58. The van der Waals surface area contributed by atoms with Gasteiger partial charge in [0.2, 0.25) is 5.91 Å². The lowest BCUT2D eigenvalue weighted by Crippen LogP contribution is -2.42. The minimum Gasteiger partial charge on any atom is -0.354 e. The van der Waals surface area contributed by atoms with Crippen molar-refractivity contribution in [2.45, 2.75) is 17.7 Å². The lowest BCUT2D eigenvalue weighted by atomic mass is 10.0. The van der Waals surface area contributed by atoms with Gasteiger partial charge in [-0.25, -0.2) is 8.42 Å². The molecule has 0 fully saturated rings. The van der Waals surface area contributed by atoms with Gasteiger partial charge in [0.05, 0.1) is 20.6 Å². The summed E-state index contributed by atoms with van der Waals surface area (Å²) in [6.07, 6.45) is 0. The van der Waals surface area contributed by atoms with Crippen molar-refractivity contribution in [2.75, 3.05) is 17.4 Å². The summed E-state index contributed by atoms with van der Waals surface area (Å²) in [4.78, 5) is 12.8. The summed E-state index contributed by atoms with van der Waals surface area (Å²) in [5, 5.41) is 3.08. The van der Waals surface area contributed by atoms with Gasteiger partial charge in [-0.05, 0) is 35.7 Å². The first-order valence-electron chi connectivity index (χ1n) is 9.64. The van der Waals surface area contributed by atoms with Crippen LogP contribution in [0.2, 0.25) is 10.0 Å². The van der Waals surface area contributed by atoms with Gasteiger partial charge in [-0.1, -0.05) is 84.7 Å². The molecule has 0 spiro atoms. The minimum atomic E-state index is -4.05. The molecule has 3 aromatic rings. The van der Waals surface area contributed by atoms with Crippen molar-refractivity contribution in [3.05, 3.63) is 94.5 Å². The Morgan fingerprint density at radius 2 is 1.55 bits per heavy atom. The number of anilines is 1. The lowest BCUT2D eigenvalue weighted by molar-refractivity contribution is -0.119. The second kappa shape index (κ2) is 10.2. The van der Waals surface area contributed by atoms with E-state index in [2.05, 4.69) is 5.32 Å². The quantitative estimate of drug-likeness (QED) is 0.491. The third-order valence-electron chi connectivity index (χ3n) is 4.79. The zero-order valence-electron chi connectivity index (χ0n) is 16.8. The molecule has 0 radical (unpaired) electrons. The standard InChI is InChI=1S/C23H22Cl2N2O3S/c1-17(18-9-4-2-5-10-18)15-26-22(28)16-27(21-14-8-13-20(24)23(21)25)31(29,30)19-11-6-3-7-12-19/h2-14,17H,15-16H2,1H3,(H,26,28). The second-order valence-corrected chi connectivity index (χ2v) is 9.66. The van der Waals surface area contributed by atoms with E-state index in [1.54, 1.807) is 30.3 Å². The van der Waals surface area contributed by atoms with Crippen LogP contribution in [0.25, 0.3) is 0 Å². The Labute approximate surface area is 192 Å². The molecule has 0 saturated heterocycles. The van der Waals surface area contributed by atoms with Crippen LogP contribution in [0.5, 0.6) is 0 Å². The van der Waals surface area contributed by atoms with Gasteiger partial charge >= 0.3 is 0 Å². The zero-order chi connectivity index (χ0) is 22.4. The van der Waals surface area contributed by atoms with Crippen LogP contribution in [0.4, 0.5) is 5.69 Å². The van der Waals surface area contributed by atoms with Gasteiger partial charge in [-0.2, -0.15) is 0 Å². The van der Waals surface area contributed by atoms with E-state index < -0.39 is 22.5 Å². The molecular formula is C23H22Cl2N2O3S. The first-order valence-corrected chi connectivity index (χ1v) is 11.8. The number of hydrogen-bond donors (Lipinski definition) is 1. The number of amides is 1. The predicted molar refractivity (Wildman–Crippen MR) is 125 cm³/mol. The molecule has 0 saturated carbocycles. The molecule has 0 aromatic heterocycles. The molecule has 3 aromatic carbocycles. The Bertz CT molecular complexity index is 1140. The molecule has 0 aliphatic rings. The fourth-order valence-electron chi connectivity index (χ4n) is 3.06. The summed E-state index contributed by atoms with van der Waals surface area (Å²) < 4.78 is 27.7. The summed E-state index contributed by atoms with van der Waals surface area (Å²) >= 11 is 12.4. The van der Waals surface area contributed by atoms with Crippen LogP contribution in [0.1, 0.15) is 18.4 Å². The van der Waals surface area contributed by atoms with Gasteiger partial charge in [0.1, 0.15) is 6.54 Å². The summed E-state index contributed by atoms with van der Waals surface area (Å²) in [6.45, 7) is 1.92. The number of carbonyl (C=O) groups is 1. The van der Waals surface area contributed by atoms with Crippen LogP contribution in [0, 0.1) is 0 Å². The summed E-state index contributed by atoms with van der Waals surface area (Å²) in [6, 6.07) is 22.3. The van der Waals surface area contributed by atoms with Gasteiger partial charge < -0.3 is 5.32 Å². The molecule has 0 heterocycles. The molecule has 0 aliphatic carbocycles. The Kier molecular flexibility index (Phi) is 7.59. The number of halogens is 2. The van der Waals surface area contributed by atoms with E-state index in [1.807, 2.05) is 37.3 Å². The second-order valence-electron chi connectivity index (χ2n) is 7.01. The highest BCUT2D eigenvalue weighted by Crippen LogP contribution is 2.35. The molecule has 162 valence electrons. The highest BCUT2D eigenvalue weighted by atomic mass is 35.5. The molecule has 1 atom stereocenters. The van der Waals surface area contributed by atoms with Crippen LogP contribution >= 0.6 is 23.2 Å². The van der Waals surface area contributed by atoms with E-state index in [0.29, 0.717) is 6.54 Å². The molecule has 31 heavy (non-hydrogen) atoms. The van der Waals surface area contributed by atoms with Crippen molar-refractivity contribution < 1.29 is 13.2 Å². The number of carbonyl (C=O) groups excluding carboxylic acids is 1. The normalized spacial score (nSPS) is 12.2. The molecule has 0 aliphatic heterocycles. The summed E-state index contributed by atoms with van der Waals surface area (Å²) in [5.41, 5.74) is 1.22. The Morgan fingerprint density at radius 1 is 0.935 bits per heavy atom. The first kappa shape index (κ1) is 23.1. The maximum absolute atomic E-state index is 13.3. The SMILES string of the molecule is CC(CNC(=O)CN(c1cccc(Cl)c1Cl)S(=O)(=O)c1ccccc1)c1ccccc1. The minimum absolute atomic E-state index is 0.0523. The molecule has 1 N–H and O–H groups in total. The molecule has 0 bridgehead atoms. The number of hydrogen-bond acceptors (Lipinski definition) is 3. The molecule has 5 nitrogen and oxygen atoms in total. The van der Waals surface area contributed by atoms with E-state index in [0.717, 1.165) is 9.87 Å². The van der Waals surface area contributed by atoms with Gasteiger partial charge in [0.25, 0.3) is 10.0 Å². The van der Waals surface area contributed by atoms with Crippen LogP contribution in [-0.2, 0) is 14.8 Å². The maximum atomic E-state index is 13.3. The van der Waals surface area contributed by atoms with E-state index >= 15 is 0 Å². The average molecular weight is 477 g/mol. The number of benzene rings is 3. The number of nitrogens with one attached hydrogen (secondary N) is 1. The highest BCUT2D eigenvalue weighted by molar-refractivity contribution is 7.92. The number of sulfonamides is 1. The predicted octanol–water partition coefficient (Wildman–Crippen LogP) is 5.11. The lowest BCUT2D eigenvalue weighted by Gasteiger charge is -2.25. The van der Waals surface area contributed by atoms with E-state index in [1.165, 1.54) is 18.2 Å². The van der Waals surface area contributed by atoms with Crippen LogP contribution in [0.15, 0.2) is 83.8 Å². The number of nitrogens with zero attached hydrogens (tertiary/aromatic N) is 1. The van der Waals surface area contributed by atoms with Crippen LogP contribution in [-0.4, -0.2) is 27.4 Å². The van der Waals surface area contributed by atoms with Crippen LogP contribution in [0.3, 0.4) is 0 Å². The first-order chi connectivity index (χ1) is 14.8. The van der Waals surface area contributed by atoms with Crippen LogP contribution < -0.4 is 9.62 Å². The fourth-order valence-corrected chi connectivity index (χ4v) is 4.96. The molecular weight excluding hydrogens is 455 g/mol. The fraction of sp³-hybridized carbons (Fsp3) is 0.174. The largest absolute Gasteiger partial charge is 0.354 e. The van der Waals surface area contributed by atoms with E-state index in [4.69, 9.17) is 23.2 Å². The Morgan fingerprint density at radius 3 is 2.19 bits per heavy atom. The Balaban J connectivity index is 1.85.